The monoisotopic (exact) mass is 699 g/mol. The summed E-state index contributed by atoms with van der Waals surface area (Å²) in [5, 5.41) is 10.2. The zero-order valence-corrected chi connectivity index (χ0v) is 31.6. The zero-order chi connectivity index (χ0) is 35.2. The standard InChI is InChI=1S/C42H41NO3S2Si/c1-7-45-41-29-37(42(46-8-2)28-36(41)20-13-34-16-23-40(24-17-34)48-31(3)44)27-38(30-43)35-18-11-32(12-19-35)9-10-33-14-21-39(22-15-33)47-25-26-49(4,5)6/h11-12,14-19,21-24,27-29H,7-8,25-26H2,1-6H3. The molecule has 0 bridgehead atoms. The molecule has 4 aromatic carbocycles. The van der Waals surface area contributed by atoms with Crippen molar-refractivity contribution in [3.8, 4) is 41.2 Å². The van der Waals surface area contributed by atoms with Crippen molar-refractivity contribution in [2.75, 3.05) is 19.0 Å². The summed E-state index contributed by atoms with van der Waals surface area (Å²) in [7, 11) is -1.02. The van der Waals surface area contributed by atoms with Crippen LogP contribution in [0.5, 0.6) is 11.5 Å². The van der Waals surface area contributed by atoms with E-state index in [4.69, 9.17) is 9.47 Å². The van der Waals surface area contributed by atoms with E-state index in [-0.39, 0.29) is 5.12 Å². The summed E-state index contributed by atoms with van der Waals surface area (Å²) in [6.45, 7) is 13.5. The molecular formula is C42H41NO3S2Si. The lowest BCUT2D eigenvalue weighted by atomic mass is 10.0. The van der Waals surface area contributed by atoms with E-state index in [0.717, 1.165) is 38.5 Å². The quantitative estimate of drug-likeness (QED) is 0.0511. The fourth-order valence-corrected chi connectivity index (χ4v) is 8.60. The van der Waals surface area contributed by atoms with Gasteiger partial charge in [0.15, 0.2) is 5.12 Å². The van der Waals surface area contributed by atoms with Gasteiger partial charge in [-0.2, -0.15) is 5.26 Å². The van der Waals surface area contributed by atoms with E-state index in [2.05, 4.69) is 73.7 Å². The number of hydrogen-bond donors (Lipinski definition) is 0. The lowest BCUT2D eigenvalue weighted by Gasteiger charge is -2.14. The number of hydrogen-bond acceptors (Lipinski definition) is 6. The van der Waals surface area contributed by atoms with Crippen LogP contribution >= 0.6 is 23.5 Å². The van der Waals surface area contributed by atoms with Crippen LogP contribution in [0.4, 0.5) is 0 Å². The molecule has 0 saturated carbocycles. The maximum Gasteiger partial charge on any atom is 0.190 e. The first-order valence-electron chi connectivity index (χ1n) is 16.3. The van der Waals surface area contributed by atoms with Gasteiger partial charge in [0.2, 0.25) is 0 Å². The molecule has 7 heteroatoms. The highest BCUT2D eigenvalue weighted by Gasteiger charge is 2.13. The van der Waals surface area contributed by atoms with Gasteiger partial charge < -0.3 is 9.47 Å². The van der Waals surface area contributed by atoms with Gasteiger partial charge >= 0.3 is 0 Å². The van der Waals surface area contributed by atoms with Gasteiger partial charge in [0, 0.05) is 53.1 Å². The van der Waals surface area contributed by atoms with Crippen molar-refractivity contribution in [2.45, 2.75) is 56.2 Å². The molecule has 0 atom stereocenters. The molecule has 248 valence electrons. The van der Waals surface area contributed by atoms with Crippen molar-refractivity contribution in [3.05, 3.63) is 118 Å². The highest BCUT2D eigenvalue weighted by molar-refractivity contribution is 8.13. The van der Waals surface area contributed by atoms with Crippen LogP contribution in [0.3, 0.4) is 0 Å². The first kappa shape index (κ1) is 37.2. The maximum atomic E-state index is 11.4. The van der Waals surface area contributed by atoms with Gasteiger partial charge in [0.25, 0.3) is 0 Å². The van der Waals surface area contributed by atoms with Crippen molar-refractivity contribution in [2.24, 2.45) is 0 Å². The van der Waals surface area contributed by atoms with Crippen LogP contribution in [0.25, 0.3) is 11.6 Å². The summed E-state index contributed by atoms with van der Waals surface area (Å²) in [5.41, 5.74) is 5.34. The SMILES string of the molecule is CCOc1cc(C=C(C#N)c2ccc(C#Cc3ccc(SCC[Si](C)(C)C)cc3)cc2)c(OCC)cc1C#Cc1ccc(SC(C)=O)cc1. The smallest absolute Gasteiger partial charge is 0.190 e. The number of rotatable bonds is 11. The minimum Gasteiger partial charge on any atom is -0.493 e. The van der Waals surface area contributed by atoms with Crippen molar-refractivity contribution in [1.82, 2.24) is 0 Å². The Balaban J connectivity index is 1.54. The van der Waals surface area contributed by atoms with Gasteiger partial charge in [-0.25, -0.2) is 0 Å². The van der Waals surface area contributed by atoms with E-state index in [1.165, 1.54) is 22.7 Å². The second-order valence-electron chi connectivity index (χ2n) is 12.3. The predicted molar refractivity (Wildman–Crippen MR) is 209 cm³/mol. The third-order valence-corrected chi connectivity index (χ3v) is 11.0. The molecule has 0 aliphatic rings. The Morgan fingerprint density at radius 3 is 1.82 bits per heavy atom. The number of nitrogens with zero attached hydrogens (tertiary/aromatic N) is 1. The molecule has 0 radical (unpaired) electrons. The average molecular weight is 700 g/mol. The lowest BCUT2D eigenvalue weighted by molar-refractivity contribution is -0.109. The minimum atomic E-state index is -1.02. The van der Waals surface area contributed by atoms with Crippen LogP contribution in [0.1, 0.15) is 54.2 Å². The van der Waals surface area contributed by atoms with Gasteiger partial charge in [0.1, 0.15) is 11.5 Å². The van der Waals surface area contributed by atoms with E-state index in [1.807, 2.05) is 92.3 Å². The molecule has 0 N–H and O–H groups in total. The number of thioether (sulfide) groups is 2. The van der Waals surface area contributed by atoms with Gasteiger partial charge in [0.05, 0.1) is 30.4 Å². The van der Waals surface area contributed by atoms with Crippen LogP contribution < -0.4 is 9.47 Å². The highest BCUT2D eigenvalue weighted by atomic mass is 32.2. The molecule has 0 saturated heterocycles. The number of carbonyl (C=O) groups excluding carboxylic acids is 1. The fourth-order valence-electron chi connectivity index (χ4n) is 4.58. The molecule has 4 rings (SSSR count). The molecule has 4 aromatic rings. The third kappa shape index (κ3) is 12.1. The molecule has 49 heavy (non-hydrogen) atoms. The number of nitriles is 1. The zero-order valence-electron chi connectivity index (χ0n) is 29.0. The van der Waals surface area contributed by atoms with Gasteiger partial charge in [-0.05, 0) is 104 Å². The van der Waals surface area contributed by atoms with E-state index in [1.54, 1.807) is 6.92 Å². The second-order valence-corrected chi connectivity index (χ2v) is 20.3. The summed E-state index contributed by atoms with van der Waals surface area (Å²) in [5.74, 6) is 15.3. The molecule has 0 aliphatic carbocycles. The Labute approximate surface area is 301 Å². The molecule has 0 spiro atoms. The van der Waals surface area contributed by atoms with Gasteiger partial charge in [-0.3, -0.25) is 4.79 Å². The summed E-state index contributed by atoms with van der Waals surface area (Å²) < 4.78 is 12.0. The lowest BCUT2D eigenvalue weighted by Crippen LogP contribution is -2.19. The largest absolute Gasteiger partial charge is 0.493 e. The number of benzene rings is 4. The van der Waals surface area contributed by atoms with Crippen molar-refractivity contribution in [1.29, 1.82) is 5.26 Å². The van der Waals surface area contributed by atoms with Crippen LogP contribution in [0.15, 0.2) is 94.7 Å². The van der Waals surface area contributed by atoms with E-state index in [0.29, 0.717) is 35.8 Å². The van der Waals surface area contributed by atoms with Crippen LogP contribution in [0, 0.1) is 35.0 Å². The summed E-state index contributed by atoms with van der Waals surface area (Å²) in [4.78, 5) is 13.6. The Morgan fingerprint density at radius 2 is 1.29 bits per heavy atom. The fraction of sp³-hybridized carbons (Fsp3) is 0.238. The number of ether oxygens (including phenoxy) is 2. The van der Waals surface area contributed by atoms with E-state index in [9.17, 15) is 10.1 Å². The summed E-state index contributed by atoms with van der Waals surface area (Å²) in [6, 6.07) is 31.1. The molecule has 0 fully saturated rings. The Morgan fingerprint density at radius 1 is 0.755 bits per heavy atom. The van der Waals surface area contributed by atoms with Crippen LogP contribution in [0.2, 0.25) is 25.7 Å². The topological polar surface area (TPSA) is 59.3 Å². The van der Waals surface area contributed by atoms with Crippen molar-refractivity contribution in [3.63, 3.8) is 0 Å². The maximum absolute atomic E-state index is 11.4. The molecule has 4 nitrogen and oxygen atoms in total. The summed E-state index contributed by atoms with van der Waals surface area (Å²) in [6.07, 6.45) is 1.82. The van der Waals surface area contributed by atoms with Crippen LogP contribution in [-0.2, 0) is 4.79 Å². The van der Waals surface area contributed by atoms with Gasteiger partial charge in [-0.1, -0.05) is 67.2 Å². The normalized spacial score (nSPS) is 11.0. The predicted octanol–water partition coefficient (Wildman–Crippen LogP) is 10.4. The number of allylic oxidation sites excluding steroid dienone is 1. The third-order valence-electron chi connectivity index (χ3n) is 7.11. The van der Waals surface area contributed by atoms with Gasteiger partial charge in [-0.15, -0.1) is 11.8 Å². The van der Waals surface area contributed by atoms with E-state index < -0.39 is 8.07 Å². The molecule has 0 amide bonds. The average Bonchev–Trinajstić information content (AvgIpc) is 3.07. The Hall–Kier alpha value is -4.58. The minimum absolute atomic E-state index is 0.0402. The molecular weight excluding hydrogens is 659 g/mol. The van der Waals surface area contributed by atoms with E-state index >= 15 is 0 Å². The Kier molecular flexibility index (Phi) is 13.9. The molecule has 0 aromatic heterocycles. The molecule has 0 aliphatic heterocycles. The number of carbonyl (C=O) groups is 1. The van der Waals surface area contributed by atoms with Crippen LogP contribution in [-0.4, -0.2) is 32.2 Å². The van der Waals surface area contributed by atoms with Crippen molar-refractivity contribution >= 4 is 48.4 Å². The molecule has 0 unspecified atom stereocenters. The first-order valence-corrected chi connectivity index (χ1v) is 21.8. The Bertz CT molecular complexity index is 1950. The highest BCUT2D eigenvalue weighted by Crippen LogP contribution is 2.32. The van der Waals surface area contributed by atoms with Crippen molar-refractivity contribution < 1.29 is 14.3 Å². The summed E-state index contributed by atoms with van der Waals surface area (Å²) >= 11 is 3.10. The molecule has 0 heterocycles. The second kappa shape index (κ2) is 18.3. The first-order chi connectivity index (χ1) is 23.6.